The average Bonchev–Trinajstić information content (AvgIpc) is 2.53. The van der Waals surface area contributed by atoms with Crippen molar-refractivity contribution >= 4 is 17.5 Å². The molecule has 22 heavy (non-hydrogen) atoms. The zero-order valence-electron chi connectivity index (χ0n) is 12.3. The van der Waals surface area contributed by atoms with Crippen LogP contribution in [0.15, 0.2) is 48.5 Å². The molecule has 2 rings (SSSR count). The van der Waals surface area contributed by atoms with Crippen molar-refractivity contribution in [2.45, 2.75) is 6.92 Å². The largest absolute Gasteiger partial charge is 0.497 e. The lowest BCUT2D eigenvalue weighted by molar-refractivity contribution is -0.385. The van der Waals surface area contributed by atoms with Gasteiger partial charge in [-0.15, -0.1) is 0 Å². The summed E-state index contributed by atoms with van der Waals surface area (Å²) in [5.74, 6) is 0.410. The third-order valence-electron chi connectivity index (χ3n) is 3.21. The molecule has 0 atom stereocenters. The monoisotopic (exact) mass is 297 g/mol. The molecular formula is C17H15NO4. The highest BCUT2D eigenvalue weighted by atomic mass is 16.6. The first-order chi connectivity index (χ1) is 10.5. The Bertz CT molecular complexity index is 750. The van der Waals surface area contributed by atoms with Crippen molar-refractivity contribution in [3.8, 4) is 5.75 Å². The molecule has 0 bridgehead atoms. The molecule has 112 valence electrons. The second kappa shape index (κ2) is 6.67. The van der Waals surface area contributed by atoms with Crippen molar-refractivity contribution in [2.75, 3.05) is 7.11 Å². The summed E-state index contributed by atoms with van der Waals surface area (Å²) in [7, 11) is 1.53. The van der Waals surface area contributed by atoms with E-state index in [4.69, 9.17) is 4.74 Å². The predicted molar refractivity (Wildman–Crippen MR) is 84.2 cm³/mol. The van der Waals surface area contributed by atoms with Crippen molar-refractivity contribution in [1.82, 2.24) is 0 Å². The minimum Gasteiger partial charge on any atom is -0.497 e. The average molecular weight is 297 g/mol. The Hall–Kier alpha value is -2.95. The van der Waals surface area contributed by atoms with Gasteiger partial charge in [0, 0.05) is 17.2 Å². The lowest BCUT2D eigenvalue weighted by atomic mass is 10.1. The predicted octanol–water partition coefficient (Wildman–Crippen LogP) is 3.81. The zero-order valence-corrected chi connectivity index (χ0v) is 12.3. The van der Waals surface area contributed by atoms with Crippen LogP contribution in [-0.2, 0) is 0 Å². The number of aryl methyl sites for hydroxylation is 1. The molecule has 2 aromatic rings. The molecule has 2 aromatic carbocycles. The van der Waals surface area contributed by atoms with E-state index >= 15 is 0 Å². The van der Waals surface area contributed by atoms with Crippen molar-refractivity contribution in [3.05, 3.63) is 75.3 Å². The van der Waals surface area contributed by atoms with Crippen molar-refractivity contribution in [3.63, 3.8) is 0 Å². The van der Waals surface area contributed by atoms with Crippen molar-refractivity contribution in [2.24, 2.45) is 0 Å². The maximum absolute atomic E-state index is 12.1. The molecule has 0 saturated heterocycles. The molecule has 0 saturated carbocycles. The summed E-state index contributed by atoms with van der Waals surface area (Å²) in [4.78, 5) is 22.6. The van der Waals surface area contributed by atoms with Crippen molar-refractivity contribution in [1.29, 1.82) is 0 Å². The number of allylic oxidation sites excluding steroid dienone is 1. The van der Waals surface area contributed by atoms with E-state index in [1.165, 1.54) is 19.3 Å². The molecular weight excluding hydrogens is 282 g/mol. The third kappa shape index (κ3) is 3.58. The van der Waals surface area contributed by atoms with E-state index in [2.05, 4.69) is 0 Å². The van der Waals surface area contributed by atoms with E-state index in [1.54, 1.807) is 49.4 Å². The van der Waals surface area contributed by atoms with Crippen LogP contribution >= 0.6 is 0 Å². The number of ketones is 1. The fourth-order valence-corrected chi connectivity index (χ4v) is 1.97. The van der Waals surface area contributed by atoms with Gasteiger partial charge in [0.1, 0.15) is 5.75 Å². The number of nitro benzene ring substituents is 1. The summed E-state index contributed by atoms with van der Waals surface area (Å²) in [6, 6.07) is 11.7. The summed E-state index contributed by atoms with van der Waals surface area (Å²) in [6.07, 6.45) is 2.96. The first-order valence-corrected chi connectivity index (χ1v) is 6.63. The zero-order chi connectivity index (χ0) is 16.1. The van der Waals surface area contributed by atoms with Gasteiger partial charge in [-0.2, -0.15) is 0 Å². The van der Waals surface area contributed by atoms with Gasteiger partial charge in [-0.3, -0.25) is 14.9 Å². The van der Waals surface area contributed by atoms with E-state index in [0.717, 1.165) is 0 Å². The fraction of sp³-hybridized carbons (Fsp3) is 0.118. The number of benzene rings is 2. The van der Waals surface area contributed by atoms with Gasteiger partial charge in [0.2, 0.25) is 0 Å². The number of carbonyl (C=O) groups excluding carboxylic acids is 1. The molecule has 5 nitrogen and oxygen atoms in total. The lowest BCUT2D eigenvalue weighted by Gasteiger charge is -2.01. The van der Waals surface area contributed by atoms with Gasteiger partial charge < -0.3 is 4.74 Å². The van der Waals surface area contributed by atoms with Crippen LogP contribution < -0.4 is 4.74 Å². The van der Waals surface area contributed by atoms with Crippen LogP contribution in [0, 0.1) is 17.0 Å². The molecule has 0 aliphatic carbocycles. The van der Waals surface area contributed by atoms with Crippen LogP contribution in [0.1, 0.15) is 21.5 Å². The summed E-state index contributed by atoms with van der Waals surface area (Å²) in [5.41, 5.74) is 1.73. The highest BCUT2D eigenvalue weighted by Crippen LogP contribution is 2.20. The maximum Gasteiger partial charge on any atom is 0.272 e. The Morgan fingerprint density at radius 1 is 1.23 bits per heavy atom. The van der Waals surface area contributed by atoms with E-state index in [9.17, 15) is 14.9 Å². The number of methoxy groups -OCH3 is 1. The Morgan fingerprint density at radius 2 is 2.00 bits per heavy atom. The Morgan fingerprint density at radius 3 is 2.68 bits per heavy atom. The summed E-state index contributed by atoms with van der Waals surface area (Å²) in [5, 5.41) is 10.9. The van der Waals surface area contributed by atoms with Crippen molar-refractivity contribution < 1.29 is 14.5 Å². The summed E-state index contributed by atoms with van der Waals surface area (Å²) >= 11 is 0. The molecule has 0 radical (unpaired) electrons. The van der Waals surface area contributed by atoms with Crippen LogP contribution in [-0.4, -0.2) is 17.8 Å². The van der Waals surface area contributed by atoms with Gasteiger partial charge in [0.15, 0.2) is 5.78 Å². The second-order valence-corrected chi connectivity index (χ2v) is 4.73. The van der Waals surface area contributed by atoms with Gasteiger partial charge in [0.05, 0.1) is 12.0 Å². The lowest BCUT2D eigenvalue weighted by Crippen LogP contribution is -1.95. The topological polar surface area (TPSA) is 69.4 Å². The molecule has 0 unspecified atom stereocenters. The molecule has 0 fully saturated rings. The molecule has 0 aromatic heterocycles. The minimum atomic E-state index is -0.434. The molecule has 0 aliphatic rings. The number of rotatable bonds is 5. The summed E-state index contributed by atoms with van der Waals surface area (Å²) in [6.45, 7) is 1.67. The first kappa shape index (κ1) is 15.4. The van der Waals surface area contributed by atoms with Gasteiger partial charge in [-0.25, -0.2) is 0 Å². The van der Waals surface area contributed by atoms with E-state index in [-0.39, 0.29) is 11.5 Å². The number of nitro groups is 1. The molecule has 0 aliphatic heterocycles. The Kier molecular flexibility index (Phi) is 4.68. The quantitative estimate of drug-likeness (QED) is 0.364. The van der Waals surface area contributed by atoms with Crippen LogP contribution in [0.3, 0.4) is 0 Å². The number of carbonyl (C=O) groups is 1. The molecule has 5 heteroatoms. The highest BCUT2D eigenvalue weighted by Gasteiger charge is 2.10. The van der Waals surface area contributed by atoms with Gasteiger partial charge in [-0.1, -0.05) is 30.3 Å². The van der Waals surface area contributed by atoms with E-state index < -0.39 is 4.92 Å². The number of hydrogen-bond donors (Lipinski definition) is 0. The normalized spacial score (nSPS) is 10.6. The van der Waals surface area contributed by atoms with Gasteiger partial charge in [0.25, 0.3) is 5.69 Å². The van der Waals surface area contributed by atoms with Crippen LogP contribution in [0.5, 0.6) is 5.75 Å². The number of nitrogens with zero attached hydrogens (tertiary/aromatic N) is 1. The van der Waals surface area contributed by atoms with Gasteiger partial charge >= 0.3 is 0 Å². The van der Waals surface area contributed by atoms with Crippen LogP contribution in [0.4, 0.5) is 5.69 Å². The number of ether oxygens (including phenoxy) is 1. The second-order valence-electron chi connectivity index (χ2n) is 4.73. The fourth-order valence-electron chi connectivity index (χ4n) is 1.97. The Labute approximate surface area is 128 Å². The summed E-state index contributed by atoms with van der Waals surface area (Å²) < 4.78 is 5.07. The highest BCUT2D eigenvalue weighted by molar-refractivity contribution is 6.07. The minimum absolute atomic E-state index is 0.0379. The van der Waals surface area contributed by atoms with E-state index in [1.807, 2.05) is 0 Å². The standard InChI is InChI=1S/C17H15NO4/c1-12-6-7-13(10-16(12)18(20)21)8-9-17(19)14-4-3-5-15(11-14)22-2/h3-11H,1-2H3/b9-8+. The molecule has 0 heterocycles. The SMILES string of the molecule is COc1cccc(C(=O)/C=C/c2ccc(C)c([N+](=O)[O-])c2)c1. The molecule has 0 amide bonds. The van der Waals surface area contributed by atoms with Crippen LogP contribution in [0.2, 0.25) is 0 Å². The smallest absolute Gasteiger partial charge is 0.272 e. The third-order valence-corrected chi connectivity index (χ3v) is 3.21. The van der Waals surface area contributed by atoms with E-state index in [0.29, 0.717) is 22.4 Å². The Balaban J connectivity index is 2.22. The first-order valence-electron chi connectivity index (χ1n) is 6.63. The van der Waals surface area contributed by atoms with Gasteiger partial charge in [-0.05, 0) is 30.7 Å². The van der Waals surface area contributed by atoms with Crippen LogP contribution in [0.25, 0.3) is 6.08 Å². The molecule has 0 spiro atoms. The molecule has 0 N–H and O–H groups in total. The number of hydrogen-bond acceptors (Lipinski definition) is 4. The maximum atomic E-state index is 12.1.